The van der Waals surface area contributed by atoms with E-state index in [0.29, 0.717) is 12.3 Å². The van der Waals surface area contributed by atoms with Gasteiger partial charge in [0.05, 0.1) is 5.69 Å². The van der Waals surface area contributed by atoms with Gasteiger partial charge in [-0.25, -0.2) is 0 Å². The highest BCUT2D eigenvalue weighted by Gasteiger charge is 2.20. The fourth-order valence-corrected chi connectivity index (χ4v) is 4.14. The molecule has 3 aromatic rings. The molecule has 1 aliphatic heterocycles. The van der Waals surface area contributed by atoms with E-state index in [1.807, 2.05) is 6.07 Å². The van der Waals surface area contributed by atoms with Crippen molar-refractivity contribution >= 4 is 16.7 Å². The summed E-state index contributed by atoms with van der Waals surface area (Å²) in [5.74, 6) is 0.920. The van der Waals surface area contributed by atoms with Crippen molar-refractivity contribution in [2.75, 3.05) is 13.1 Å². The Hall–Kier alpha value is -2.39. The van der Waals surface area contributed by atoms with Crippen LogP contribution in [0.4, 0.5) is 0 Å². The van der Waals surface area contributed by atoms with E-state index in [2.05, 4.69) is 65.3 Å². The second-order valence-corrected chi connectivity index (χ2v) is 7.94. The SMILES string of the molecule is Cc1ccc2cc(C(=O)CCC3CCN(Cc4ccccc4)CC3)[nH]c2c1. The maximum atomic E-state index is 12.6. The summed E-state index contributed by atoms with van der Waals surface area (Å²) in [7, 11) is 0. The van der Waals surface area contributed by atoms with Gasteiger partial charge in [0, 0.05) is 23.9 Å². The fourth-order valence-electron chi connectivity index (χ4n) is 4.14. The molecule has 3 nitrogen and oxygen atoms in total. The van der Waals surface area contributed by atoms with E-state index in [9.17, 15) is 4.79 Å². The molecule has 2 heterocycles. The Morgan fingerprint density at radius 2 is 1.85 bits per heavy atom. The standard InChI is InChI=1S/C24H28N2O/c1-18-7-9-21-16-23(25-22(21)15-18)24(27)10-8-19-11-13-26(14-12-19)17-20-5-3-2-4-6-20/h2-7,9,15-16,19,25H,8,10-14,17H2,1H3. The van der Waals surface area contributed by atoms with Crippen LogP contribution in [0.25, 0.3) is 10.9 Å². The Kier molecular flexibility index (Phi) is 5.40. The zero-order chi connectivity index (χ0) is 18.6. The molecule has 1 fully saturated rings. The molecule has 0 spiro atoms. The number of nitrogens with one attached hydrogen (secondary N) is 1. The summed E-state index contributed by atoms with van der Waals surface area (Å²) in [6.45, 7) is 5.39. The van der Waals surface area contributed by atoms with Gasteiger partial charge in [0.25, 0.3) is 0 Å². The van der Waals surface area contributed by atoms with Gasteiger partial charge in [0.2, 0.25) is 0 Å². The summed E-state index contributed by atoms with van der Waals surface area (Å²) in [5, 5.41) is 1.12. The van der Waals surface area contributed by atoms with E-state index in [4.69, 9.17) is 0 Å². The molecule has 3 heteroatoms. The number of Topliss-reactive ketones (excluding diaryl/α,β-unsaturated/α-hetero) is 1. The van der Waals surface area contributed by atoms with Gasteiger partial charge in [0.1, 0.15) is 0 Å². The molecular formula is C24H28N2O. The molecule has 1 aliphatic rings. The van der Waals surface area contributed by atoms with Crippen molar-refractivity contribution in [2.45, 2.75) is 39.2 Å². The lowest BCUT2D eigenvalue weighted by Crippen LogP contribution is -2.33. The number of benzene rings is 2. The molecule has 0 amide bonds. The van der Waals surface area contributed by atoms with Crippen molar-refractivity contribution in [3.8, 4) is 0 Å². The second kappa shape index (κ2) is 8.10. The third-order valence-corrected chi connectivity index (χ3v) is 5.81. The van der Waals surface area contributed by atoms with E-state index >= 15 is 0 Å². The summed E-state index contributed by atoms with van der Waals surface area (Å²) in [4.78, 5) is 18.4. The molecule has 0 bridgehead atoms. The number of hydrogen-bond donors (Lipinski definition) is 1. The molecule has 1 N–H and O–H groups in total. The van der Waals surface area contributed by atoms with Crippen LogP contribution in [0.5, 0.6) is 0 Å². The molecule has 4 rings (SSSR count). The lowest BCUT2D eigenvalue weighted by Gasteiger charge is -2.31. The van der Waals surface area contributed by atoms with Crippen molar-refractivity contribution in [3.05, 3.63) is 71.4 Å². The highest BCUT2D eigenvalue weighted by molar-refractivity contribution is 5.99. The first-order valence-electron chi connectivity index (χ1n) is 10.1. The minimum Gasteiger partial charge on any atom is -0.352 e. The Morgan fingerprint density at radius 1 is 1.07 bits per heavy atom. The Morgan fingerprint density at radius 3 is 2.63 bits per heavy atom. The van der Waals surface area contributed by atoms with Gasteiger partial charge in [-0.1, -0.05) is 42.5 Å². The van der Waals surface area contributed by atoms with E-state index < -0.39 is 0 Å². The van der Waals surface area contributed by atoms with Crippen molar-refractivity contribution in [3.63, 3.8) is 0 Å². The van der Waals surface area contributed by atoms with E-state index in [0.717, 1.165) is 42.7 Å². The molecule has 2 aromatic carbocycles. The number of nitrogens with zero attached hydrogens (tertiary/aromatic N) is 1. The van der Waals surface area contributed by atoms with Crippen LogP contribution < -0.4 is 0 Å². The van der Waals surface area contributed by atoms with Gasteiger partial charge in [-0.2, -0.15) is 0 Å². The third kappa shape index (κ3) is 4.48. The molecule has 140 valence electrons. The van der Waals surface area contributed by atoms with Gasteiger partial charge < -0.3 is 4.98 Å². The number of ketones is 1. The number of aromatic amines is 1. The van der Waals surface area contributed by atoms with Crippen LogP contribution in [0.1, 0.15) is 47.3 Å². The molecule has 0 aliphatic carbocycles. The van der Waals surface area contributed by atoms with Crippen LogP contribution in [0.2, 0.25) is 0 Å². The van der Waals surface area contributed by atoms with Crippen LogP contribution >= 0.6 is 0 Å². The molecule has 0 atom stereocenters. The molecule has 1 saturated heterocycles. The number of fused-ring (bicyclic) bond motifs is 1. The number of H-pyrrole nitrogens is 1. The molecule has 0 radical (unpaired) electrons. The Balaban J connectivity index is 1.26. The van der Waals surface area contributed by atoms with Gasteiger partial charge in [-0.05, 0) is 68.5 Å². The first kappa shape index (κ1) is 18.0. The average Bonchev–Trinajstić information content (AvgIpc) is 3.11. The monoisotopic (exact) mass is 360 g/mol. The molecular weight excluding hydrogens is 332 g/mol. The zero-order valence-electron chi connectivity index (χ0n) is 16.1. The Labute approximate surface area is 161 Å². The average molecular weight is 361 g/mol. The summed E-state index contributed by atoms with van der Waals surface area (Å²) < 4.78 is 0. The molecule has 1 aromatic heterocycles. The number of hydrogen-bond acceptors (Lipinski definition) is 2. The fraction of sp³-hybridized carbons (Fsp3) is 0.375. The summed E-state index contributed by atoms with van der Waals surface area (Å²) in [6.07, 6.45) is 4.06. The van der Waals surface area contributed by atoms with Crippen molar-refractivity contribution in [1.82, 2.24) is 9.88 Å². The van der Waals surface area contributed by atoms with Gasteiger partial charge >= 0.3 is 0 Å². The number of aryl methyl sites for hydroxylation is 1. The lowest BCUT2D eigenvalue weighted by molar-refractivity contribution is 0.0957. The molecule has 0 saturated carbocycles. The minimum atomic E-state index is 0.246. The van der Waals surface area contributed by atoms with Gasteiger partial charge in [-0.15, -0.1) is 0 Å². The summed E-state index contributed by atoms with van der Waals surface area (Å²) in [6, 6.07) is 19.0. The topological polar surface area (TPSA) is 36.1 Å². The normalized spacial score (nSPS) is 16.0. The summed E-state index contributed by atoms with van der Waals surface area (Å²) in [5.41, 5.74) is 4.43. The highest BCUT2D eigenvalue weighted by atomic mass is 16.1. The van der Waals surface area contributed by atoms with Crippen LogP contribution in [0.15, 0.2) is 54.6 Å². The van der Waals surface area contributed by atoms with Crippen LogP contribution in [0, 0.1) is 12.8 Å². The van der Waals surface area contributed by atoms with Crippen LogP contribution in [0.3, 0.4) is 0 Å². The highest BCUT2D eigenvalue weighted by Crippen LogP contribution is 2.25. The van der Waals surface area contributed by atoms with Gasteiger partial charge in [0.15, 0.2) is 5.78 Å². The van der Waals surface area contributed by atoms with Crippen LogP contribution in [-0.2, 0) is 6.54 Å². The van der Waals surface area contributed by atoms with Crippen molar-refractivity contribution < 1.29 is 4.79 Å². The van der Waals surface area contributed by atoms with Crippen molar-refractivity contribution in [1.29, 1.82) is 0 Å². The predicted molar refractivity (Wildman–Crippen MR) is 111 cm³/mol. The number of rotatable bonds is 6. The van der Waals surface area contributed by atoms with E-state index in [1.54, 1.807) is 0 Å². The number of carbonyl (C=O) groups excluding carboxylic acids is 1. The zero-order valence-corrected chi connectivity index (χ0v) is 16.1. The second-order valence-electron chi connectivity index (χ2n) is 7.94. The van der Waals surface area contributed by atoms with E-state index in [1.165, 1.54) is 24.0 Å². The first-order chi connectivity index (χ1) is 13.2. The predicted octanol–water partition coefficient (Wildman–Crippen LogP) is 5.35. The van der Waals surface area contributed by atoms with Crippen LogP contribution in [-0.4, -0.2) is 28.8 Å². The van der Waals surface area contributed by atoms with Crippen molar-refractivity contribution in [2.24, 2.45) is 5.92 Å². The number of likely N-dealkylation sites (tertiary alicyclic amines) is 1. The molecule has 27 heavy (non-hydrogen) atoms. The quantitative estimate of drug-likeness (QED) is 0.601. The third-order valence-electron chi connectivity index (χ3n) is 5.81. The maximum absolute atomic E-state index is 12.6. The number of piperidine rings is 1. The maximum Gasteiger partial charge on any atom is 0.179 e. The summed E-state index contributed by atoms with van der Waals surface area (Å²) >= 11 is 0. The largest absolute Gasteiger partial charge is 0.352 e. The molecule has 0 unspecified atom stereocenters. The number of aromatic nitrogens is 1. The minimum absolute atomic E-state index is 0.246. The Bertz CT molecular complexity index is 905. The smallest absolute Gasteiger partial charge is 0.179 e. The van der Waals surface area contributed by atoms with Gasteiger partial charge in [-0.3, -0.25) is 9.69 Å². The number of carbonyl (C=O) groups is 1. The lowest BCUT2D eigenvalue weighted by atomic mass is 9.91. The van der Waals surface area contributed by atoms with E-state index in [-0.39, 0.29) is 5.78 Å². The first-order valence-corrected chi connectivity index (χ1v) is 10.1.